The van der Waals surface area contributed by atoms with Gasteiger partial charge in [-0.1, -0.05) is 30.7 Å². The highest BCUT2D eigenvalue weighted by molar-refractivity contribution is 6.33. The number of amides is 1. The third-order valence-corrected chi connectivity index (χ3v) is 4.43. The zero-order valence-corrected chi connectivity index (χ0v) is 13.8. The van der Waals surface area contributed by atoms with E-state index >= 15 is 0 Å². The van der Waals surface area contributed by atoms with Crippen molar-refractivity contribution >= 4 is 29.0 Å². The van der Waals surface area contributed by atoms with E-state index in [2.05, 4.69) is 27.1 Å². The van der Waals surface area contributed by atoms with Crippen LogP contribution in [0.25, 0.3) is 0 Å². The molecule has 1 saturated heterocycles. The van der Waals surface area contributed by atoms with Gasteiger partial charge < -0.3 is 10.2 Å². The molecule has 1 aromatic carbocycles. The van der Waals surface area contributed by atoms with Gasteiger partial charge in [0.15, 0.2) is 0 Å². The van der Waals surface area contributed by atoms with Crippen molar-refractivity contribution < 1.29 is 4.79 Å². The summed E-state index contributed by atoms with van der Waals surface area (Å²) in [6, 6.07) is 7.10. The molecule has 6 heteroatoms. The number of aromatic nitrogens is 2. The van der Waals surface area contributed by atoms with Crippen LogP contribution in [0.3, 0.4) is 0 Å². The first-order chi connectivity index (χ1) is 11.1. The molecule has 0 aliphatic carbocycles. The van der Waals surface area contributed by atoms with Gasteiger partial charge >= 0.3 is 0 Å². The molecule has 0 saturated carbocycles. The van der Waals surface area contributed by atoms with Gasteiger partial charge in [0.05, 0.1) is 23.1 Å². The minimum Gasteiger partial charge on any atom is -0.355 e. The zero-order valence-electron chi connectivity index (χ0n) is 13.0. The van der Waals surface area contributed by atoms with E-state index in [1.165, 1.54) is 6.20 Å². The third-order valence-electron chi connectivity index (χ3n) is 4.10. The number of hydrogen-bond acceptors (Lipinski definition) is 4. The molecule has 1 aromatic heterocycles. The number of para-hydroxylation sites is 1. The molecule has 23 heavy (non-hydrogen) atoms. The van der Waals surface area contributed by atoms with Crippen LogP contribution < -0.4 is 10.2 Å². The number of hydrogen-bond donors (Lipinski definition) is 1. The number of carbonyl (C=O) groups is 1. The van der Waals surface area contributed by atoms with E-state index in [1.54, 1.807) is 18.3 Å². The maximum Gasteiger partial charge on any atom is 0.275 e. The summed E-state index contributed by atoms with van der Waals surface area (Å²) in [7, 11) is 0. The molecule has 0 atom stereocenters. The van der Waals surface area contributed by atoms with Crippen LogP contribution in [-0.2, 0) is 0 Å². The summed E-state index contributed by atoms with van der Waals surface area (Å²) in [5.41, 5.74) is 0.842. The molecule has 5 nitrogen and oxygen atoms in total. The minimum atomic E-state index is -0.315. The monoisotopic (exact) mass is 330 g/mol. The van der Waals surface area contributed by atoms with Crippen molar-refractivity contribution in [3.63, 3.8) is 0 Å². The molecule has 120 valence electrons. The van der Waals surface area contributed by atoms with Gasteiger partial charge in [-0.15, -0.1) is 0 Å². The number of nitrogens with one attached hydrogen (secondary N) is 1. The van der Waals surface area contributed by atoms with E-state index in [4.69, 9.17) is 11.6 Å². The second-order valence-corrected chi connectivity index (χ2v) is 6.27. The van der Waals surface area contributed by atoms with Crippen molar-refractivity contribution in [1.82, 2.24) is 9.97 Å². The first kappa shape index (κ1) is 15.7. The van der Waals surface area contributed by atoms with E-state index in [-0.39, 0.29) is 11.6 Å². The molecule has 0 spiro atoms. The Morgan fingerprint density at radius 3 is 2.61 bits per heavy atom. The molecule has 1 N–H and O–H groups in total. The van der Waals surface area contributed by atoms with Crippen LogP contribution in [0.5, 0.6) is 0 Å². The Morgan fingerprint density at radius 2 is 1.96 bits per heavy atom. The van der Waals surface area contributed by atoms with Crippen molar-refractivity contribution in [3.05, 3.63) is 47.4 Å². The van der Waals surface area contributed by atoms with Crippen LogP contribution in [-0.4, -0.2) is 29.0 Å². The van der Waals surface area contributed by atoms with E-state index in [0.717, 1.165) is 37.7 Å². The Kier molecular flexibility index (Phi) is 4.76. The Balaban J connectivity index is 1.67. The number of anilines is 2. The second kappa shape index (κ2) is 6.96. The smallest absolute Gasteiger partial charge is 0.275 e. The maximum absolute atomic E-state index is 12.2. The SMILES string of the molecule is CC1CCN(c2cnc(C(=O)Nc3ccccc3Cl)cn2)CC1. The molecule has 0 bridgehead atoms. The topological polar surface area (TPSA) is 58.1 Å². The number of benzene rings is 1. The van der Waals surface area contributed by atoms with Gasteiger partial charge in [-0.3, -0.25) is 4.79 Å². The quantitative estimate of drug-likeness (QED) is 0.933. The minimum absolute atomic E-state index is 0.277. The fourth-order valence-electron chi connectivity index (χ4n) is 2.59. The summed E-state index contributed by atoms with van der Waals surface area (Å²) < 4.78 is 0. The fraction of sp³-hybridized carbons (Fsp3) is 0.353. The molecule has 1 amide bonds. The zero-order chi connectivity index (χ0) is 16.2. The van der Waals surface area contributed by atoms with Crippen molar-refractivity contribution in [2.45, 2.75) is 19.8 Å². The molecule has 2 aromatic rings. The van der Waals surface area contributed by atoms with Gasteiger partial charge in [-0.05, 0) is 30.9 Å². The summed E-state index contributed by atoms with van der Waals surface area (Å²) in [6.07, 6.45) is 5.50. The summed E-state index contributed by atoms with van der Waals surface area (Å²) in [5.74, 6) is 1.27. The van der Waals surface area contributed by atoms with Crippen LogP contribution in [0.15, 0.2) is 36.7 Å². The van der Waals surface area contributed by atoms with Crippen molar-refractivity contribution in [2.75, 3.05) is 23.3 Å². The third kappa shape index (κ3) is 3.79. The Labute approximate surface area is 140 Å². The summed E-state index contributed by atoms with van der Waals surface area (Å²) >= 11 is 6.04. The standard InChI is InChI=1S/C17H19ClN4O/c1-12-6-8-22(9-7-12)16-11-19-15(10-20-16)17(23)21-14-5-3-2-4-13(14)18/h2-5,10-12H,6-9H2,1H3,(H,21,23). The predicted octanol–water partition coefficient (Wildman–Crippen LogP) is 3.62. The molecule has 3 rings (SSSR count). The van der Waals surface area contributed by atoms with Gasteiger partial charge in [-0.2, -0.15) is 0 Å². The van der Waals surface area contributed by atoms with Crippen molar-refractivity contribution in [1.29, 1.82) is 0 Å². The summed E-state index contributed by atoms with van der Waals surface area (Å²) in [6.45, 7) is 4.24. The molecule has 1 aliphatic heterocycles. The summed E-state index contributed by atoms with van der Waals surface area (Å²) in [4.78, 5) is 23.0. The number of halogens is 1. The maximum atomic E-state index is 12.2. The highest BCUT2D eigenvalue weighted by Gasteiger charge is 2.18. The van der Waals surface area contributed by atoms with Gasteiger partial charge in [0, 0.05) is 13.1 Å². The number of piperidine rings is 1. The van der Waals surface area contributed by atoms with Crippen LogP contribution in [0.1, 0.15) is 30.3 Å². The van der Waals surface area contributed by atoms with E-state index in [1.807, 2.05) is 12.1 Å². The lowest BCUT2D eigenvalue weighted by Crippen LogP contribution is -2.33. The lowest BCUT2D eigenvalue weighted by molar-refractivity contribution is 0.102. The average molecular weight is 331 g/mol. The lowest BCUT2D eigenvalue weighted by Gasteiger charge is -2.30. The van der Waals surface area contributed by atoms with Crippen LogP contribution >= 0.6 is 11.6 Å². The molecule has 1 aliphatic rings. The summed E-state index contributed by atoms with van der Waals surface area (Å²) in [5, 5.41) is 3.24. The first-order valence-corrected chi connectivity index (χ1v) is 8.14. The van der Waals surface area contributed by atoms with Crippen molar-refractivity contribution in [2.24, 2.45) is 5.92 Å². The van der Waals surface area contributed by atoms with Gasteiger partial charge in [0.2, 0.25) is 0 Å². The number of rotatable bonds is 3. The first-order valence-electron chi connectivity index (χ1n) is 7.76. The largest absolute Gasteiger partial charge is 0.355 e. The van der Waals surface area contributed by atoms with Gasteiger partial charge in [0.1, 0.15) is 11.5 Å². The molecule has 0 radical (unpaired) electrons. The highest BCUT2D eigenvalue weighted by atomic mass is 35.5. The predicted molar refractivity (Wildman–Crippen MR) is 92.0 cm³/mol. The highest BCUT2D eigenvalue weighted by Crippen LogP contribution is 2.22. The second-order valence-electron chi connectivity index (χ2n) is 5.86. The molecule has 2 heterocycles. The van der Waals surface area contributed by atoms with Gasteiger partial charge in [-0.25, -0.2) is 9.97 Å². The van der Waals surface area contributed by atoms with Crippen LogP contribution in [0.2, 0.25) is 5.02 Å². The van der Waals surface area contributed by atoms with E-state index in [9.17, 15) is 4.79 Å². The molecular weight excluding hydrogens is 312 g/mol. The van der Waals surface area contributed by atoms with E-state index < -0.39 is 0 Å². The lowest BCUT2D eigenvalue weighted by atomic mass is 9.99. The Morgan fingerprint density at radius 1 is 1.22 bits per heavy atom. The van der Waals surface area contributed by atoms with Gasteiger partial charge in [0.25, 0.3) is 5.91 Å². The van der Waals surface area contributed by atoms with Crippen LogP contribution in [0, 0.1) is 5.92 Å². The molecular formula is C17H19ClN4O. The normalized spacial score (nSPS) is 15.5. The van der Waals surface area contributed by atoms with Crippen molar-refractivity contribution in [3.8, 4) is 0 Å². The Hall–Kier alpha value is -2.14. The number of nitrogens with zero attached hydrogens (tertiary/aromatic N) is 3. The average Bonchev–Trinajstić information content (AvgIpc) is 2.58. The van der Waals surface area contributed by atoms with Crippen LogP contribution in [0.4, 0.5) is 11.5 Å². The molecule has 1 fully saturated rings. The fourth-order valence-corrected chi connectivity index (χ4v) is 2.77. The molecule has 0 unspecified atom stereocenters. The Bertz CT molecular complexity index is 681. The van der Waals surface area contributed by atoms with E-state index in [0.29, 0.717) is 10.7 Å². The number of carbonyl (C=O) groups excluding carboxylic acids is 1.